The molecule has 1 aliphatic carbocycles. The molecule has 90 valence electrons. The molecular weight excluding hydrogens is 210 g/mol. The largest absolute Gasteiger partial charge is 0.497 e. The highest BCUT2D eigenvalue weighted by atomic mass is 16.5. The van der Waals surface area contributed by atoms with E-state index >= 15 is 0 Å². The lowest BCUT2D eigenvalue weighted by Gasteiger charge is -2.34. The molecule has 2 unspecified atom stereocenters. The molecule has 2 atom stereocenters. The Morgan fingerprint density at radius 2 is 2.24 bits per heavy atom. The minimum Gasteiger partial charge on any atom is -0.497 e. The summed E-state index contributed by atoms with van der Waals surface area (Å²) in [4.78, 5) is 4.83. The van der Waals surface area contributed by atoms with Gasteiger partial charge in [-0.15, -0.1) is 0 Å². The Morgan fingerprint density at radius 3 is 3.00 bits per heavy atom. The van der Waals surface area contributed by atoms with Gasteiger partial charge in [-0.2, -0.15) is 0 Å². The molecule has 0 saturated heterocycles. The summed E-state index contributed by atoms with van der Waals surface area (Å²) in [7, 11) is 1.73. The number of methoxy groups -OCH3 is 1. The van der Waals surface area contributed by atoms with E-state index in [1.165, 1.54) is 24.1 Å². The van der Waals surface area contributed by atoms with Gasteiger partial charge in [-0.1, -0.05) is 13.8 Å². The van der Waals surface area contributed by atoms with Gasteiger partial charge >= 0.3 is 0 Å². The van der Waals surface area contributed by atoms with Gasteiger partial charge in [0.25, 0.3) is 0 Å². The van der Waals surface area contributed by atoms with Gasteiger partial charge in [0.1, 0.15) is 5.75 Å². The number of nitrogens with zero attached hydrogens (tertiary/aromatic N) is 1. The maximum atomic E-state index is 5.33. The third-order valence-corrected chi connectivity index (χ3v) is 4.37. The second kappa shape index (κ2) is 3.59. The second-order valence-electron chi connectivity index (χ2n) is 5.62. The van der Waals surface area contributed by atoms with Crippen molar-refractivity contribution in [2.45, 2.75) is 38.5 Å². The van der Waals surface area contributed by atoms with Crippen molar-refractivity contribution >= 4 is 11.4 Å². The van der Waals surface area contributed by atoms with Gasteiger partial charge in [0.2, 0.25) is 0 Å². The van der Waals surface area contributed by atoms with E-state index < -0.39 is 0 Å². The van der Waals surface area contributed by atoms with Crippen LogP contribution in [0.15, 0.2) is 23.2 Å². The number of rotatable bonds is 1. The lowest BCUT2D eigenvalue weighted by Crippen LogP contribution is -2.35. The highest BCUT2D eigenvalue weighted by molar-refractivity contribution is 6.02. The van der Waals surface area contributed by atoms with Crippen LogP contribution in [0.2, 0.25) is 0 Å². The van der Waals surface area contributed by atoms with E-state index in [2.05, 4.69) is 26.0 Å². The fourth-order valence-electron chi connectivity index (χ4n) is 3.12. The van der Waals surface area contributed by atoms with Crippen LogP contribution >= 0.6 is 0 Å². The summed E-state index contributed by atoms with van der Waals surface area (Å²) in [5.41, 5.74) is 4.05. The van der Waals surface area contributed by atoms with Crippen molar-refractivity contribution in [2.75, 3.05) is 7.11 Å². The Balaban J connectivity index is 2.08. The third-order valence-electron chi connectivity index (χ3n) is 4.37. The molecule has 1 aromatic carbocycles. The Labute approximate surface area is 103 Å². The Bertz CT molecular complexity index is 492. The molecular formula is C15H19NO. The van der Waals surface area contributed by atoms with E-state index in [1.54, 1.807) is 7.11 Å². The zero-order chi connectivity index (χ0) is 12.0. The number of aliphatic imine (C=N–C) groups is 1. The summed E-state index contributed by atoms with van der Waals surface area (Å²) >= 11 is 0. The molecule has 0 bridgehead atoms. The van der Waals surface area contributed by atoms with Crippen LogP contribution < -0.4 is 4.74 Å². The van der Waals surface area contributed by atoms with E-state index in [-0.39, 0.29) is 5.41 Å². The number of ether oxygens (including phenoxy) is 1. The van der Waals surface area contributed by atoms with Crippen molar-refractivity contribution in [3.05, 3.63) is 23.8 Å². The highest BCUT2D eigenvalue weighted by Gasteiger charge is 2.42. The maximum absolute atomic E-state index is 5.33. The second-order valence-corrected chi connectivity index (χ2v) is 5.62. The first-order valence-corrected chi connectivity index (χ1v) is 6.40. The average molecular weight is 229 g/mol. The van der Waals surface area contributed by atoms with Gasteiger partial charge in [-0.25, -0.2) is 0 Å². The lowest BCUT2D eigenvalue weighted by atomic mass is 9.68. The Morgan fingerprint density at radius 1 is 1.41 bits per heavy atom. The quantitative estimate of drug-likeness (QED) is 0.716. The first kappa shape index (κ1) is 10.8. The van der Waals surface area contributed by atoms with E-state index in [0.29, 0.717) is 0 Å². The smallest absolute Gasteiger partial charge is 0.119 e. The fourth-order valence-corrected chi connectivity index (χ4v) is 3.12. The van der Waals surface area contributed by atoms with Gasteiger partial charge in [-0.3, -0.25) is 4.99 Å². The lowest BCUT2D eigenvalue weighted by molar-refractivity contribution is 0.402. The van der Waals surface area contributed by atoms with Crippen LogP contribution in [-0.2, 0) is 5.41 Å². The molecule has 0 N–H and O–H groups in total. The predicted molar refractivity (Wildman–Crippen MR) is 70.5 cm³/mol. The maximum Gasteiger partial charge on any atom is 0.119 e. The van der Waals surface area contributed by atoms with Gasteiger partial charge in [0.05, 0.1) is 12.8 Å². The van der Waals surface area contributed by atoms with Crippen LogP contribution in [0.4, 0.5) is 5.69 Å². The highest BCUT2D eigenvalue weighted by Crippen LogP contribution is 2.49. The molecule has 1 aliphatic heterocycles. The molecule has 3 rings (SSSR count). The summed E-state index contributed by atoms with van der Waals surface area (Å²) in [5, 5.41) is 0. The molecule has 0 radical (unpaired) electrons. The monoisotopic (exact) mass is 229 g/mol. The van der Waals surface area contributed by atoms with Crippen LogP contribution in [0.3, 0.4) is 0 Å². The van der Waals surface area contributed by atoms with Gasteiger partial charge < -0.3 is 4.74 Å². The summed E-state index contributed by atoms with van der Waals surface area (Å²) in [5.74, 6) is 1.72. The molecule has 0 spiro atoms. The van der Waals surface area contributed by atoms with Crippen molar-refractivity contribution in [2.24, 2.45) is 10.9 Å². The molecule has 2 heteroatoms. The topological polar surface area (TPSA) is 21.6 Å². The average Bonchev–Trinajstić information content (AvgIpc) is 2.62. The third kappa shape index (κ3) is 1.50. The van der Waals surface area contributed by atoms with E-state index in [1.807, 2.05) is 6.07 Å². The van der Waals surface area contributed by atoms with Crippen LogP contribution in [-0.4, -0.2) is 12.8 Å². The predicted octanol–water partition coefficient (Wildman–Crippen LogP) is 3.86. The first-order chi connectivity index (χ1) is 8.13. The van der Waals surface area contributed by atoms with Crippen LogP contribution in [0.5, 0.6) is 5.75 Å². The SMILES string of the molecule is COc1ccc2c(c1)C1(C)CCC(C)CC1=N2. The molecule has 2 aliphatic rings. The van der Waals surface area contributed by atoms with Crippen molar-refractivity contribution in [1.82, 2.24) is 0 Å². The minimum absolute atomic E-state index is 0.163. The zero-order valence-corrected chi connectivity index (χ0v) is 10.8. The van der Waals surface area contributed by atoms with Crippen LogP contribution in [0.1, 0.15) is 38.7 Å². The molecule has 1 fully saturated rings. The Hall–Kier alpha value is -1.31. The first-order valence-electron chi connectivity index (χ1n) is 6.40. The standard InChI is InChI=1S/C15H19NO/c1-10-6-7-15(2)12-9-11(17-3)4-5-13(12)16-14(15)8-10/h4-5,9-10H,6-8H2,1-3H3. The van der Waals surface area contributed by atoms with Gasteiger partial charge in [0, 0.05) is 11.1 Å². The molecule has 1 aromatic rings. The molecule has 2 nitrogen and oxygen atoms in total. The van der Waals surface area contributed by atoms with E-state index in [9.17, 15) is 0 Å². The number of benzene rings is 1. The molecule has 1 heterocycles. The molecule has 0 amide bonds. The molecule has 0 aromatic heterocycles. The fraction of sp³-hybridized carbons (Fsp3) is 0.533. The van der Waals surface area contributed by atoms with Crippen molar-refractivity contribution in [3.63, 3.8) is 0 Å². The van der Waals surface area contributed by atoms with Gasteiger partial charge in [0.15, 0.2) is 0 Å². The molecule has 17 heavy (non-hydrogen) atoms. The Kier molecular flexibility index (Phi) is 2.29. The van der Waals surface area contributed by atoms with Crippen molar-refractivity contribution in [1.29, 1.82) is 0 Å². The van der Waals surface area contributed by atoms with Crippen LogP contribution in [0.25, 0.3) is 0 Å². The minimum atomic E-state index is 0.163. The van der Waals surface area contributed by atoms with Crippen molar-refractivity contribution in [3.8, 4) is 5.75 Å². The summed E-state index contributed by atoms with van der Waals surface area (Å²) in [6, 6.07) is 6.27. The van der Waals surface area contributed by atoms with E-state index in [4.69, 9.17) is 9.73 Å². The summed E-state index contributed by atoms with van der Waals surface area (Å²) in [6.45, 7) is 4.66. The number of fused-ring (bicyclic) bond motifs is 3. The van der Waals surface area contributed by atoms with E-state index in [0.717, 1.165) is 23.8 Å². The summed E-state index contributed by atoms with van der Waals surface area (Å²) in [6.07, 6.45) is 3.66. The summed E-state index contributed by atoms with van der Waals surface area (Å²) < 4.78 is 5.33. The van der Waals surface area contributed by atoms with Crippen molar-refractivity contribution < 1.29 is 4.74 Å². The van der Waals surface area contributed by atoms with Crippen LogP contribution in [0, 0.1) is 5.92 Å². The number of hydrogen-bond acceptors (Lipinski definition) is 2. The zero-order valence-electron chi connectivity index (χ0n) is 10.8. The normalized spacial score (nSPS) is 30.5. The van der Waals surface area contributed by atoms with Gasteiger partial charge in [-0.05, 0) is 48.9 Å². The number of hydrogen-bond donors (Lipinski definition) is 0. The molecule has 1 saturated carbocycles.